The summed E-state index contributed by atoms with van der Waals surface area (Å²) in [5.41, 5.74) is 3.23. The van der Waals surface area contributed by atoms with Crippen molar-refractivity contribution in [2.75, 3.05) is 0 Å². The van der Waals surface area contributed by atoms with Crippen molar-refractivity contribution < 1.29 is 0 Å². The Morgan fingerprint density at radius 1 is 1.45 bits per heavy atom. The number of nitrogens with zero attached hydrogens (tertiary/aromatic N) is 4. The molecular weight excluding hydrogens is 248 g/mol. The highest BCUT2D eigenvalue weighted by Gasteiger charge is 2.29. The first-order valence-electron chi connectivity index (χ1n) is 6.80. The lowest BCUT2D eigenvalue weighted by atomic mass is 9.80. The zero-order chi connectivity index (χ0) is 13.9. The molecule has 0 aliphatic heterocycles. The van der Waals surface area contributed by atoms with E-state index in [4.69, 9.17) is 5.26 Å². The largest absolute Gasteiger partial charge is 0.269 e. The van der Waals surface area contributed by atoms with E-state index in [1.165, 1.54) is 0 Å². The third-order valence-corrected chi connectivity index (χ3v) is 3.85. The average Bonchev–Trinajstić information content (AvgIpc) is 2.87. The van der Waals surface area contributed by atoms with Gasteiger partial charge in [0.15, 0.2) is 0 Å². The molecular formula is C16H16N4. The zero-order valence-electron chi connectivity index (χ0n) is 11.4. The van der Waals surface area contributed by atoms with E-state index < -0.39 is 0 Å². The van der Waals surface area contributed by atoms with Gasteiger partial charge < -0.3 is 0 Å². The number of aryl methyl sites for hydroxylation is 1. The molecule has 0 amide bonds. The number of nitriles is 1. The van der Waals surface area contributed by atoms with Crippen molar-refractivity contribution in [1.82, 2.24) is 14.8 Å². The minimum absolute atomic E-state index is 0.445. The first kappa shape index (κ1) is 12.6. The van der Waals surface area contributed by atoms with E-state index in [9.17, 15) is 0 Å². The summed E-state index contributed by atoms with van der Waals surface area (Å²) in [5, 5.41) is 13.0. The van der Waals surface area contributed by atoms with Crippen LogP contribution in [0.4, 0.5) is 0 Å². The second kappa shape index (κ2) is 5.30. The van der Waals surface area contributed by atoms with E-state index >= 15 is 0 Å². The zero-order valence-corrected chi connectivity index (χ0v) is 11.4. The van der Waals surface area contributed by atoms with Gasteiger partial charge in [-0.05, 0) is 37.3 Å². The third kappa shape index (κ3) is 2.35. The Balaban J connectivity index is 1.72. The summed E-state index contributed by atoms with van der Waals surface area (Å²) in [7, 11) is 0. The summed E-state index contributed by atoms with van der Waals surface area (Å²) < 4.78 is 2.03. The van der Waals surface area contributed by atoms with Crippen LogP contribution < -0.4 is 0 Å². The van der Waals surface area contributed by atoms with Gasteiger partial charge in [-0.1, -0.05) is 12.1 Å². The molecule has 0 spiro atoms. The lowest BCUT2D eigenvalue weighted by Crippen LogP contribution is -2.25. The van der Waals surface area contributed by atoms with Crippen molar-refractivity contribution in [3.8, 4) is 17.3 Å². The van der Waals surface area contributed by atoms with Gasteiger partial charge in [0.1, 0.15) is 0 Å². The van der Waals surface area contributed by atoms with Crippen LogP contribution in [0.1, 0.15) is 24.4 Å². The van der Waals surface area contributed by atoms with Gasteiger partial charge in [-0.3, -0.25) is 9.67 Å². The molecule has 20 heavy (non-hydrogen) atoms. The van der Waals surface area contributed by atoms with Gasteiger partial charge in [0, 0.05) is 24.0 Å². The summed E-state index contributed by atoms with van der Waals surface area (Å²) in [5.74, 6) is 0.517. The van der Waals surface area contributed by atoms with Crippen molar-refractivity contribution in [2.24, 2.45) is 5.92 Å². The van der Waals surface area contributed by atoms with Crippen LogP contribution in [-0.2, 0) is 0 Å². The van der Waals surface area contributed by atoms with E-state index in [0.29, 0.717) is 12.0 Å². The second-order valence-electron chi connectivity index (χ2n) is 5.25. The number of allylic oxidation sites excluding steroid dienone is 2. The summed E-state index contributed by atoms with van der Waals surface area (Å²) in [6.45, 7) is 2.06. The fourth-order valence-electron chi connectivity index (χ4n) is 2.63. The maximum absolute atomic E-state index is 8.51. The Kier molecular flexibility index (Phi) is 3.34. The van der Waals surface area contributed by atoms with Crippen LogP contribution in [-0.4, -0.2) is 14.8 Å². The van der Waals surface area contributed by atoms with Crippen LogP contribution in [0, 0.1) is 24.2 Å². The van der Waals surface area contributed by atoms with Crippen LogP contribution in [0.5, 0.6) is 0 Å². The van der Waals surface area contributed by atoms with Gasteiger partial charge in [-0.2, -0.15) is 10.4 Å². The molecule has 2 aromatic rings. The molecule has 2 aromatic heterocycles. The molecule has 1 saturated carbocycles. The predicted octanol–water partition coefficient (Wildman–Crippen LogP) is 3.28. The standard InChI is InChI=1S/C16H16N4/c1-12-4-3-7-18-16(12)14-10-19-20(11-14)15-8-13(9-15)5-2-6-17/h2-5,7,10-11,13,15H,8-9H2,1H3. The van der Waals surface area contributed by atoms with E-state index in [2.05, 4.69) is 29.3 Å². The smallest absolute Gasteiger partial charge is 0.0908 e. The maximum Gasteiger partial charge on any atom is 0.0908 e. The fourth-order valence-corrected chi connectivity index (χ4v) is 2.63. The molecule has 1 aliphatic rings. The topological polar surface area (TPSA) is 54.5 Å². The average molecular weight is 264 g/mol. The van der Waals surface area contributed by atoms with Crippen molar-refractivity contribution in [1.29, 1.82) is 5.26 Å². The van der Waals surface area contributed by atoms with Crippen molar-refractivity contribution in [2.45, 2.75) is 25.8 Å². The number of rotatable bonds is 3. The molecule has 0 radical (unpaired) electrons. The third-order valence-electron chi connectivity index (χ3n) is 3.85. The summed E-state index contributed by atoms with van der Waals surface area (Å²) in [6.07, 6.45) is 11.4. The van der Waals surface area contributed by atoms with Gasteiger partial charge in [0.2, 0.25) is 0 Å². The van der Waals surface area contributed by atoms with Gasteiger partial charge >= 0.3 is 0 Å². The summed E-state index contributed by atoms with van der Waals surface area (Å²) in [4.78, 5) is 4.42. The highest BCUT2D eigenvalue weighted by Crippen LogP contribution is 2.38. The van der Waals surface area contributed by atoms with E-state index in [1.807, 2.05) is 35.3 Å². The van der Waals surface area contributed by atoms with Gasteiger partial charge in [-0.15, -0.1) is 0 Å². The molecule has 0 aromatic carbocycles. The van der Waals surface area contributed by atoms with Crippen molar-refractivity contribution in [3.63, 3.8) is 0 Å². The molecule has 0 bridgehead atoms. The van der Waals surface area contributed by atoms with Crippen LogP contribution in [0.15, 0.2) is 42.9 Å². The Hall–Kier alpha value is -2.41. The molecule has 100 valence electrons. The Labute approximate surface area is 118 Å². The molecule has 1 aliphatic carbocycles. The Bertz CT molecular complexity index is 672. The predicted molar refractivity (Wildman–Crippen MR) is 76.7 cm³/mol. The summed E-state index contributed by atoms with van der Waals surface area (Å²) >= 11 is 0. The van der Waals surface area contributed by atoms with Gasteiger partial charge in [0.05, 0.1) is 24.0 Å². The molecule has 0 atom stereocenters. The van der Waals surface area contributed by atoms with E-state index in [0.717, 1.165) is 29.7 Å². The molecule has 0 unspecified atom stereocenters. The summed E-state index contributed by atoms with van der Waals surface area (Å²) in [6, 6.07) is 6.49. The van der Waals surface area contributed by atoms with Crippen molar-refractivity contribution in [3.05, 3.63) is 48.4 Å². The highest BCUT2D eigenvalue weighted by molar-refractivity contribution is 5.60. The number of hydrogen-bond donors (Lipinski definition) is 0. The van der Waals surface area contributed by atoms with Crippen LogP contribution in [0.2, 0.25) is 0 Å². The minimum atomic E-state index is 0.445. The van der Waals surface area contributed by atoms with Crippen molar-refractivity contribution >= 4 is 0 Å². The second-order valence-corrected chi connectivity index (χ2v) is 5.25. The van der Waals surface area contributed by atoms with Gasteiger partial charge in [-0.25, -0.2) is 0 Å². The quantitative estimate of drug-likeness (QED) is 0.799. The molecule has 4 nitrogen and oxygen atoms in total. The molecule has 2 heterocycles. The van der Waals surface area contributed by atoms with E-state index in [1.54, 1.807) is 6.08 Å². The fraction of sp³-hybridized carbons (Fsp3) is 0.312. The maximum atomic E-state index is 8.51. The monoisotopic (exact) mass is 264 g/mol. The van der Waals surface area contributed by atoms with Gasteiger partial charge in [0.25, 0.3) is 0 Å². The normalized spacial score (nSPS) is 21.6. The van der Waals surface area contributed by atoms with Crippen LogP contribution in [0.25, 0.3) is 11.3 Å². The van der Waals surface area contributed by atoms with Crippen LogP contribution in [0.3, 0.4) is 0 Å². The molecule has 3 rings (SSSR count). The SMILES string of the molecule is Cc1cccnc1-c1cnn(C2CC(C=CC#N)C2)c1. The lowest BCUT2D eigenvalue weighted by Gasteiger charge is -2.33. The lowest BCUT2D eigenvalue weighted by molar-refractivity contribution is 0.224. The first-order chi connectivity index (χ1) is 9.78. The molecule has 4 heteroatoms. The number of hydrogen-bond acceptors (Lipinski definition) is 3. The number of aromatic nitrogens is 3. The minimum Gasteiger partial charge on any atom is -0.269 e. The first-order valence-corrected chi connectivity index (χ1v) is 6.80. The number of pyridine rings is 1. The molecule has 0 saturated heterocycles. The molecule has 0 N–H and O–H groups in total. The van der Waals surface area contributed by atoms with E-state index in [-0.39, 0.29) is 0 Å². The Morgan fingerprint density at radius 2 is 2.30 bits per heavy atom. The Morgan fingerprint density at radius 3 is 3.05 bits per heavy atom. The highest BCUT2D eigenvalue weighted by atomic mass is 15.3. The molecule has 1 fully saturated rings. The van der Waals surface area contributed by atoms with Crippen LogP contribution >= 0.6 is 0 Å².